The molecule has 1 spiro atoms. The summed E-state index contributed by atoms with van der Waals surface area (Å²) in [4.78, 5) is 26.4. The molecule has 2 amide bonds. The molecule has 2 saturated heterocycles. The summed E-state index contributed by atoms with van der Waals surface area (Å²) < 4.78 is 6.08. The first kappa shape index (κ1) is 19.0. The second kappa shape index (κ2) is 7.57. The van der Waals surface area contributed by atoms with Crippen LogP contribution < -0.4 is 5.32 Å². The molecule has 4 rings (SSSR count). The van der Waals surface area contributed by atoms with Crippen molar-refractivity contribution in [2.24, 2.45) is 5.92 Å². The summed E-state index contributed by atoms with van der Waals surface area (Å²) in [6, 6.07) is 11.4. The van der Waals surface area contributed by atoms with Crippen molar-refractivity contribution in [1.29, 1.82) is 0 Å². The van der Waals surface area contributed by atoms with E-state index >= 15 is 0 Å². The molecule has 0 aliphatic carbocycles. The van der Waals surface area contributed by atoms with E-state index in [1.165, 1.54) is 6.08 Å². The average molecular weight is 399 g/mol. The molecule has 2 aliphatic heterocycles. The third kappa shape index (κ3) is 3.52. The lowest BCUT2D eigenvalue weighted by molar-refractivity contribution is -0.130. The zero-order valence-corrected chi connectivity index (χ0v) is 16.4. The Kier molecular flexibility index (Phi) is 5.13. The Bertz CT molecular complexity index is 935. The Balaban J connectivity index is 1.43. The fourth-order valence-electron chi connectivity index (χ4n) is 4.24. The van der Waals surface area contributed by atoms with Crippen molar-refractivity contribution in [1.82, 2.24) is 4.90 Å². The number of hydrogen-bond acceptors (Lipinski definition) is 3. The number of carbonyl (C=O) groups is 2. The number of hydrogen-bond donors (Lipinski definition) is 1. The van der Waals surface area contributed by atoms with Gasteiger partial charge >= 0.3 is 0 Å². The molecule has 1 unspecified atom stereocenters. The van der Waals surface area contributed by atoms with Gasteiger partial charge in [0.25, 0.3) is 0 Å². The molecular weight excluding hydrogens is 376 g/mol. The number of nitrogens with one attached hydrogen (secondary N) is 1. The van der Waals surface area contributed by atoms with Crippen LogP contribution in [0.1, 0.15) is 19.3 Å². The maximum Gasteiger partial charge on any atom is 0.245 e. The average Bonchev–Trinajstić information content (AvgIpc) is 3.12. The highest BCUT2D eigenvalue weighted by molar-refractivity contribution is 6.36. The summed E-state index contributed by atoms with van der Waals surface area (Å²) in [5.41, 5.74) is 0.458. The predicted molar refractivity (Wildman–Crippen MR) is 110 cm³/mol. The largest absolute Gasteiger partial charge is 0.374 e. The minimum Gasteiger partial charge on any atom is -0.374 e. The van der Waals surface area contributed by atoms with Gasteiger partial charge in [-0.2, -0.15) is 0 Å². The number of rotatable bonds is 3. The molecule has 5 nitrogen and oxygen atoms in total. The molecule has 1 N–H and O–H groups in total. The van der Waals surface area contributed by atoms with E-state index < -0.39 is 0 Å². The highest BCUT2D eigenvalue weighted by atomic mass is 35.5. The van der Waals surface area contributed by atoms with Crippen LogP contribution in [0.3, 0.4) is 0 Å². The number of nitrogens with zero attached hydrogens (tertiary/aromatic N) is 1. The van der Waals surface area contributed by atoms with Gasteiger partial charge in [-0.3, -0.25) is 9.59 Å². The highest BCUT2D eigenvalue weighted by Gasteiger charge is 2.45. The molecule has 0 bridgehead atoms. The van der Waals surface area contributed by atoms with E-state index in [1.54, 1.807) is 4.90 Å². The quantitative estimate of drug-likeness (QED) is 0.794. The van der Waals surface area contributed by atoms with Crippen LogP contribution >= 0.6 is 11.6 Å². The second-order valence-electron chi connectivity index (χ2n) is 7.55. The Labute approximate surface area is 169 Å². The van der Waals surface area contributed by atoms with Gasteiger partial charge in [-0.1, -0.05) is 42.4 Å². The van der Waals surface area contributed by atoms with E-state index in [2.05, 4.69) is 11.9 Å². The van der Waals surface area contributed by atoms with Crippen LogP contribution in [-0.4, -0.2) is 42.0 Å². The molecule has 2 aromatic rings. The second-order valence-corrected chi connectivity index (χ2v) is 7.96. The zero-order chi connectivity index (χ0) is 19.7. The lowest BCUT2D eigenvalue weighted by Crippen LogP contribution is -2.46. The van der Waals surface area contributed by atoms with E-state index in [0.29, 0.717) is 31.1 Å². The molecule has 0 radical (unpaired) electrons. The molecule has 146 valence electrons. The van der Waals surface area contributed by atoms with Gasteiger partial charge in [0.15, 0.2) is 0 Å². The summed E-state index contributed by atoms with van der Waals surface area (Å²) in [6.07, 6.45) is 3.53. The lowest BCUT2D eigenvalue weighted by Gasteiger charge is -2.38. The zero-order valence-electron chi connectivity index (χ0n) is 15.6. The van der Waals surface area contributed by atoms with E-state index in [1.807, 2.05) is 36.4 Å². The fraction of sp³-hybridized carbons (Fsp3) is 0.364. The van der Waals surface area contributed by atoms with E-state index in [4.69, 9.17) is 16.3 Å². The first-order valence-corrected chi connectivity index (χ1v) is 9.92. The summed E-state index contributed by atoms with van der Waals surface area (Å²) in [6.45, 7) is 5.23. The van der Waals surface area contributed by atoms with Gasteiger partial charge in [-0.05, 0) is 37.5 Å². The first-order chi connectivity index (χ1) is 13.5. The van der Waals surface area contributed by atoms with Crippen LogP contribution in [0.5, 0.6) is 0 Å². The number of piperidine rings is 1. The third-order valence-electron chi connectivity index (χ3n) is 5.87. The summed E-state index contributed by atoms with van der Waals surface area (Å²) >= 11 is 6.27. The summed E-state index contributed by atoms with van der Waals surface area (Å²) in [5.74, 6) is -0.276. The number of carbonyl (C=O) groups excluding carboxylic acids is 2. The monoisotopic (exact) mass is 398 g/mol. The normalized spacial score (nSPS) is 21.0. The van der Waals surface area contributed by atoms with E-state index in [0.717, 1.165) is 29.3 Å². The molecule has 0 aromatic heterocycles. The maximum absolute atomic E-state index is 12.9. The Morgan fingerprint density at radius 3 is 2.64 bits per heavy atom. The molecule has 1 atom stereocenters. The van der Waals surface area contributed by atoms with Crippen LogP contribution in [-0.2, 0) is 14.3 Å². The molecule has 2 fully saturated rings. The molecule has 6 heteroatoms. The van der Waals surface area contributed by atoms with Crippen molar-refractivity contribution in [3.8, 4) is 0 Å². The number of halogens is 1. The SMILES string of the molecule is C=CC(=O)N1CCC2(CC1)CC(C(=O)Nc1cccc3c(Cl)cccc13)CO2. The van der Waals surface area contributed by atoms with Crippen molar-refractivity contribution in [2.45, 2.75) is 24.9 Å². The molecule has 2 heterocycles. The smallest absolute Gasteiger partial charge is 0.245 e. The number of likely N-dealkylation sites (tertiary alicyclic amines) is 1. The van der Waals surface area contributed by atoms with Crippen LogP contribution in [0.25, 0.3) is 10.8 Å². The number of fused-ring (bicyclic) bond motifs is 1. The van der Waals surface area contributed by atoms with Crippen LogP contribution in [0.2, 0.25) is 5.02 Å². The van der Waals surface area contributed by atoms with Crippen molar-refractivity contribution >= 4 is 39.9 Å². The molecule has 0 saturated carbocycles. The number of amides is 2. The molecule has 28 heavy (non-hydrogen) atoms. The van der Waals surface area contributed by atoms with Crippen molar-refractivity contribution in [2.75, 3.05) is 25.0 Å². The van der Waals surface area contributed by atoms with E-state index in [9.17, 15) is 9.59 Å². The Morgan fingerprint density at radius 2 is 1.89 bits per heavy atom. The Hall–Kier alpha value is -2.37. The van der Waals surface area contributed by atoms with Gasteiger partial charge in [-0.15, -0.1) is 0 Å². The standard InChI is InChI=1S/C22H23ClN2O3/c1-2-20(26)25-11-9-22(10-12-25)13-15(14-28-22)21(27)24-19-8-4-5-16-17(19)6-3-7-18(16)23/h2-8,15H,1,9-14H2,(H,24,27). The topological polar surface area (TPSA) is 58.6 Å². The molecule has 2 aromatic carbocycles. The fourth-order valence-corrected chi connectivity index (χ4v) is 4.48. The van der Waals surface area contributed by atoms with Crippen LogP contribution in [0, 0.1) is 5.92 Å². The van der Waals surface area contributed by atoms with Crippen molar-refractivity contribution in [3.05, 3.63) is 54.1 Å². The highest BCUT2D eigenvalue weighted by Crippen LogP contribution is 2.39. The van der Waals surface area contributed by atoms with Gasteiger partial charge in [0.2, 0.25) is 11.8 Å². The van der Waals surface area contributed by atoms with Gasteiger partial charge < -0.3 is 15.0 Å². The number of ether oxygens (including phenoxy) is 1. The van der Waals surface area contributed by atoms with Gasteiger partial charge in [0.1, 0.15) is 0 Å². The van der Waals surface area contributed by atoms with Gasteiger partial charge in [0, 0.05) is 34.6 Å². The number of benzene rings is 2. The summed E-state index contributed by atoms with van der Waals surface area (Å²) in [7, 11) is 0. The predicted octanol–water partition coefficient (Wildman–Crippen LogP) is 4.02. The maximum atomic E-state index is 12.9. The van der Waals surface area contributed by atoms with E-state index in [-0.39, 0.29) is 23.3 Å². The van der Waals surface area contributed by atoms with Crippen LogP contribution in [0.15, 0.2) is 49.1 Å². The van der Waals surface area contributed by atoms with Gasteiger partial charge in [0.05, 0.1) is 18.1 Å². The minimum atomic E-state index is -0.304. The van der Waals surface area contributed by atoms with Crippen molar-refractivity contribution in [3.63, 3.8) is 0 Å². The van der Waals surface area contributed by atoms with Crippen molar-refractivity contribution < 1.29 is 14.3 Å². The minimum absolute atomic E-state index is 0.0334. The molecular formula is C22H23ClN2O3. The Morgan fingerprint density at radius 1 is 1.18 bits per heavy atom. The lowest BCUT2D eigenvalue weighted by atomic mass is 9.85. The van der Waals surface area contributed by atoms with Crippen LogP contribution in [0.4, 0.5) is 5.69 Å². The first-order valence-electron chi connectivity index (χ1n) is 9.55. The van der Waals surface area contributed by atoms with Gasteiger partial charge in [-0.25, -0.2) is 0 Å². The summed E-state index contributed by atoms with van der Waals surface area (Å²) in [5, 5.41) is 5.56. The molecule has 2 aliphatic rings. The third-order valence-corrected chi connectivity index (χ3v) is 6.20. The number of anilines is 1.